The van der Waals surface area contributed by atoms with E-state index >= 15 is 0 Å². The second-order valence-corrected chi connectivity index (χ2v) is 11.1. The maximum atomic E-state index is 13.6. The second-order valence-electron chi connectivity index (χ2n) is 10.3. The van der Waals surface area contributed by atoms with Gasteiger partial charge in [-0.05, 0) is 71.8 Å². The van der Waals surface area contributed by atoms with Crippen molar-refractivity contribution in [3.05, 3.63) is 98.5 Å². The van der Waals surface area contributed by atoms with Crippen molar-refractivity contribution in [1.82, 2.24) is 29.5 Å². The zero-order valence-electron chi connectivity index (χ0n) is 21.4. The molecule has 0 unspecified atom stereocenters. The number of pyridine rings is 1. The fourth-order valence-electron chi connectivity index (χ4n) is 5.84. The van der Waals surface area contributed by atoms with Gasteiger partial charge in [0.05, 0.1) is 29.8 Å². The highest BCUT2D eigenvalue weighted by molar-refractivity contribution is 6.31. The average molecular weight is 572 g/mol. The summed E-state index contributed by atoms with van der Waals surface area (Å²) in [6, 6.07) is 14.8. The number of carbonyl (C=O) groups is 1. The Labute approximate surface area is 238 Å². The van der Waals surface area contributed by atoms with Crippen LogP contribution >= 0.6 is 23.2 Å². The molecule has 0 fully saturated rings. The minimum absolute atomic E-state index is 0.0425. The maximum Gasteiger partial charge on any atom is 0.252 e. The number of anilines is 1. The molecule has 2 atom stereocenters. The van der Waals surface area contributed by atoms with Crippen molar-refractivity contribution in [2.75, 3.05) is 5.32 Å². The lowest BCUT2D eigenvalue weighted by Crippen LogP contribution is -2.25. The number of amides is 1. The number of fused-ring (bicyclic) bond motifs is 2. The number of carbonyl (C=O) groups excluding carboxylic acids is 1. The number of hydrogen-bond acceptors (Lipinski definition) is 5. The van der Waals surface area contributed by atoms with E-state index in [1.165, 1.54) is 0 Å². The number of H-pyrrole nitrogens is 1. The van der Waals surface area contributed by atoms with Gasteiger partial charge in [0.2, 0.25) is 5.91 Å². The Kier molecular flexibility index (Phi) is 5.87. The molecular weight excluding hydrogens is 549 g/mol. The molecule has 2 N–H and O–H groups in total. The molecule has 9 nitrogen and oxygen atoms in total. The molecule has 0 saturated heterocycles. The lowest BCUT2D eigenvalue weighted by molar-refractivity contribution is -0.116. The summed E-state index contributed by atoms with van der Waals surface area (Å²) in [6.45, 7) is 2.13. The quantitative estimate of drug-likeness (QED) is 0.297. The van der Waals surface area contributed by atoms with Crippen LogP contribution in [0.5, 0.6) is 0 Å². The third kappa shape index (κ3) is 4.22. The summed E-state index contributed by atoms with van der Waals surface area (Å²) in [4.78, 5) is 33.5. The number of nitrogens with one attached hydrogen (secondary N) is 2. The number of hydrogen-bond donors (Lipinski definition) is 2. The van der Waals surface area contributed by atoms with Crippen LogP contribution < -0.4 is 10.9 Å². The highest BCUT2D eigenvalue weighted by Gasteiger charge is 2.34. The topological polar surface area (TPSA) is 110 Å². The van der Waals surface area contributed by atoms with Gasteiger partial charge < -0.3 is 14.9 Å². The summed E-state index contributed by atoms with van der Waals surface area (Å²) in [6.07, 6.45) is 5.32. The van der Waals surface area contributed by atoms with Crippen molar-refractivity contribution >= 4 is 34.8 Å². The first kappa shape index (κ1) is 24.8. The number of aromatic nitrogens is 6. The SMILES string of the molecule is C[C@H]1Cc2cc(-c3cc(Cl)ccc3-n3cc(Cl)nn3)cc(=O)n2[C@@H]1c1ncc(-c2ccc3c(c2)CCC(=O)N3)[nH]1. The van der Waals surface area contributed by atoms with Crippen LogP contribution in [0.3, 0.4) is 0 Å². The van der Waals surface area contributed by atoms with Crippen molar-refractivity contribution in [1.29, 1.82) is 0 Å². The largest absolute Gasteiger partial charge is 0.340 e. The van der Waals surface area contributed by atoms with Crippen molar-refractivity contribution < 1.29 is 4.79 Å². The minimum Gasteiger partial charge on any atom is -0.340 e. The third-order valence-corrected chi connectivity index (χ3v) is 8.07. The Morgan fingerprint density at radius 2 is 1.88 bits per heavy atom. The highest BCUT2D eigenvalue weighted by atomic mass is 35.5. The number of imidazole rings is 1. The molecule has 40 heavy (non-hydrogen) atoms. The molecule has 0 saturated carbocycles. The standard InChI is InChI=1S/C29H23Cl2N7O2/c1-15-8-20-10-18(21-12-19(30)4-6-24(21)37-14-25(31)35-36-37)11-27(40)38(20)28(15)29-32-13-23(34-29)17-2-5-22-16(9-17)3-7-26(39)33-22/h2,4-6,9-15,28H,3,7-8H2,1H3,(H,32,34)(H,33,39)/t15-,28-/m0/s1. The number of halogens is 2. The van der Waals surface area contributed by atoms with Gasteiger partial charge in [-0.15, -0.1) is 5.10 Å². The normalized spacial score (nSPS) is 17.9. The molecule has 0 radical (unpaired) electrons. The van der Waals surface area contributed by atoms with Crippen LogP contribution in [0.15, 0.2) is 65.7 Å². The third-order valence-electron chi connectivity index (χ3n) is 7.67. The molecule has 5 heterocycles. The van der Waals surface area contributed by atoms with Gasteiger partial charge in [0.25, 0.3) is 5.56 Å². The molecule has 5 aromatic rings. The fraction of sp³-hybridized carbons (Fsp3) is 0.207. The highest BCUT2D eigenvalue weighted by Crippen LogP contribution is 2.38. The van der Waals surface area contributed by atoms with E-state index in [1.807, 2.05) is 41.1 Å². The van der Waals surface area contributed by atoms with Crippen LogP contribution in [0.1, 0.15) is 36.5 Å². The van der Waals surface area contributed by atoms with E-state index in [0.717, 1.165) is 50.8 Å². The van der Waals surface area contributed by atoms with Gasteiger partial charge in [-0.2, -0.15) is 0 Å². The number of benzene rings is 2. The van der Waals surface area contributed by atoms with Crippen molar-refractivity contribution in [3.63, 3.8) is 0 Å². The van der Waals surface area contributed by atoms with E-state index < -0.39 is 0 Å². The van der Waals surface area contributed by atoms with Crippen molar-refractivity contribution in [2.45, 2.75) is 32.2 Å². The first-order chi connectivity index (χ1) is 19.3. The van der Waals surface area contributed by atoms with Crippen LogP contribution in [-0.2, 0) is 17.6 Å². The summed E-state index contributed by atoms with van der Waals surface area (Å²) in [5, 5.41) is 11.7. The lowest BCUT2D eigenvalue weighted by Gasteiger charge is -2.18. The van der Waals surface area contributed by atoms with Gasteiger partial charge in [-0.1, -0.05) is 41.4 Å². The monoisotopic (exact) mass is 571 g/mol. The van der Waals surface area contributed by atoms with E-state index in [2.05, 4.69) is 33.6 Å². The molecule has 3 aromatic heterocycles. The zero-order valence-corrected chi connectivity index (χ0v) is 22.9. The van der Waals surface area contributed by atoms with Crippen LogP contribution in [-0.4, -0.2) is 35.4 Å². The minimum atomic E-state index is -0.227. The van der Waals surface area contributed by atoms with Gasteiger partial charge in [0.1, 0.15) is 5.82 Å². The molecule has 7 rings (SSSR count). The van der Waals surface area contributed by atoms with E-state index in [4.69, 9.17) is 28.2 Å². The first-order valence-electron chi connectivity index (χ1n) is 13.0. The summed E-state index contributed by atoms with van der Waals surface area (Å²) < 4.78 is 3.40. The average Bonchev–Trinajstić information content (AvgIpc) is 3.66. The zero-order chi connectivity index (χ0) is 27.5. The number of aromatic amines is 1. The number of nitrogens with zero attached hydrogens (tertiary/aromatic N) is 5. The number of aryl methyl sites for hydroxylation is 1. The Morgan fingerprint density at radius 1 is 1.00 bits per heavy atom. The summed E-state index contributed by atoms with van der Waals surface area (Å²) in [5.74, 6) is 0.928. The van der Waals surface area contributed by atoms with Gasteiger partial charge in [0.15, 0.2) is 5.15 Å². The molecule has 1 amide bonds. The molecule has 0 spiro atoms. The second kappa shape index (κ2) is 9.46. The molecule has 2 aliphatic rings. The van der Waals surface area contributed by atoms with Gasteiger partial charge in [-0.3, -0.25) is 9.59 Å². The first-order valence-corrected chi connectivity index (χ1v) is 13.7. The van der Waals surface area contributed by atoms with E-state index in [-0.39, 0.29) is 28.6 Å². The predicted octanol–water partition coefficient (Wildman–Crippen LogP) is 5.46. The van der Waals surface area contributed by atoms with E-state index in [0.29, 0.717) is 24.3 Å². The Balaban J connectivity index is 1.25. The Hall–Kier alpha value is -4.21. The maximum absolute atomic E-state index is 13.6. The number of rotatable bonds is 4. The Morgan fingerprint density at radius 3 is 2.70 bits per heavy atom. The predicted molar refractivity (Wildman–Crippen MR) is 153 cm³/mol. The lowest BCUT2D eigenvalue weighted by atomic mass is 9.99. The van der Waals surface area contributed by atoms with E-state index in [1.54, 1.807) is 23.0 Å². The summed E-state index contributed by atoms with van der Waals surface area (Å²) in [7, 11) is 0. The molecule has 200 valence electrons. The summed E-state index contributed by atoms with van der Waals surface area (Å²) >= 11 is 12.4. The van der Waals surface area contributed by atoms with Gasteiger partial charge in [0, 0.05) is 34.5 Å². The fourth-order valence-corrected chi connectivity index (χ4v) is 6.13. The molecule has 0 bridgehead atoms. The van der Waals surface area contributed by atoms with Gasteiger partial charge in [-0.25, -0.2) is 9.67 Å². The Bertz CT molecular complexity index is 1870. The van der Waals surface area contributed by atoms with Crippen molar-refractivity contribution in [3.8, 4) is 28.1 Å². The molecule has 2 aliphatic heterocycles. The molecular formula is C29H23Cl2N7O2. The van der Waals surface area contributed by atoms with Gasteiger partial charge >= 0.3 is 0 Å². The molecule has 0 aliphatic carbocycles. The van der Waals surface area contributed by atoms with Crippen LogP contribution in [0.2, 0.25) is 10.2 Å². The smallest absolute Gasteiger partial charge is 0.252 e. The van der Waals surface area contributed by atoms with Crippen LogP contribution in [0, 0.1) is 5.92 Å². The molecule has 11 heteroatoms. The van der Waals surface area contributed by atoms with E-state index in [9.17, 15) is 9.59 Å². The van der Waals surface area contributed by atoms with Crippen LogP contribution in [0.4, 0.5) is 5.69 Å². The summed E-state index contributed by atoms with van der Waals surface area (Å²) in [5.41, 5.74) is 6.84. The van der Waals surface area contributed by atoms with Crippen LogP contribution in [0.25, 0.3) is 28.1 Å². The van der Waals surface area contributed by atoms with Crippen molar-refractivity contribution in [2.24, 2.45) is 5.92 Å². The molecule has 2 aromatic carbocycles.